The van der Waals surface area contributed by atoms with Gasteiger partial charge in [-0.2, -0.15) is 0 Å². The van der Waals surface area contributed by atoms with Crippen molar-refractivity contribution in [3.05, 3.63) is 53.2 Å². The van der Waals surface area contributed by atoms with Crippen molar-refractivity contribution in [1.29, 1.82) is 0 Å². The lowest BCUT2D eigenvalue weighted by Crippen LogP contribution is -2.37. The van der Waals surface area contributed by atoms with E-state index in [1.54, 1.807) is 18.4 Å². The zero-order valence-corrected chi connectivity index (χ0v) is 14.0. The number of morpholine rings is 1. The molecule has 2 aromatic rings. The van der Waals surface area contributed by atoms with E-state index in [0.29, 0.717) is 37.6 Å². The number of nitrogens with zero attached hydrogens (tertiary/aromatic N) is 1. The number of carbonyl (C=O) groups is 1. The number of rotatable bonds is 3. The minimum atomic E-state index is -0.373. The molecule has 1 aliphatic carbocycles. The second-order valence-corrected chi connectivity index (χ2v) is 6.48. The summed E-state index contributed by atoms with van der Waals surface area (Å²) in [5.41, 5.74) is 1.89. The van der Waals surface area contributed by atoms with E-state index in [0.717, 1.165) is 30.6 Å². The van der Waals surface area contributed by atoms with Crippen LogP contribution in [0, 0.1) is 5.82 Å². The van der Waals surface area contributed by atoms with Crippen LogP contribution in [0.2, 0.25) is 0 Å². The minimum Gasteiger partial charge on any atom is -0.469 e. The number of amides is 1. The lowest BCUT2D eigenvalue weighted by atomic mass is 9.93. The molecule has 0 unspecified atom stereocenters. The molecule has 1 aromatic carbocycles. The quantitative estimate of drug-likeness (QED) is 0.930. The number of aryl methyl sites for hydroxylation is 1. The molecule has 1 aromatic heterocycles. The Morgan fingerprint density at radius 2 is 2.08 bits per heavy atom. The summed E-state index contributed by atoms with van der Waals surface area (Å²) in [5.74, 6) is 0.305. The highest BCUT2D eigenvalue weighted by molar-refractivity contribution is 5.94. The molecule has 132 valence electrons. The SMILES string of the molecule is O=C(N[C@@H]1CCCc2occc21)c1ccc(N2CCOCC2)c(F)c1. The number of furan rings is 1. The second kappa shape index (κ2) is 6.88. The van der Waals surface area contributed by atoms with E-state index < -0.39 is 0 Å². The maximum absolute atomic E-state index is 14.5. The number of carbonyl (C=O) groups excluding carboxylic acids is 1. The van der Waals surface area contributed by atoms with E-state index in [4.69, 9.17) is 9.15 Å². The molecule has 0 spiro atoms. The average Bonchev–Trinajstić information content (AvgIpc) is 3.12. The van der Waals surface area contributed by atoms with Crippen molar-refractivity contribution < 1.29 is 18.3 Å². The van der Waals surface area contributed by atoms with Crippen LogP contribution in [0.25, 0.3) is 0 Å². The standard InChI is InChI=1S/C19H21FN2O3/c20-15-12-13(4-5-17(15)22-7-10-24-11-8-22)19(23)21-16-2-1-3-18-14(16)6-9-25-18/h4-6,9,12,16H,1-3,7-8,10-11H2,(H,21,23)/t16-/m1/s1. The fraction of sp³-hybridized carbons (Fsp3) is 0.421. The third-order valence-corrected chi connectivity index (χ3v) is 4.92. The molecule has 0 saturated carbocycles. The smallest absolute Gasteiger partial charge is 0.251 e. The molecule has 1 aliphatic heterocycles. The topological polar surface area (TPSA) is 54.7 Å². The third kappa shape index (κ3) is 3.26. The van der Waals surface area contributed by atoms with Gasteiger partial charge in [0.15, 0.2) is 0 Å². The number of anilines is 1. The van der Waals surface area contributed by atoms with Gasteiger partial charge in [0.25, 0.3) is 5.91 Å². The Morgan fingerprint density at radius 1 is 1.24 bits per heavy atom. The van der Waals surface area contributed by atoms with Crippen molar-refractivity contribution in [3.8, 4) is 0 Å². The molecule has 1 amide bonds. The first kappa shape index (κ1) is 16.1. The molecule has 1 N–H and O–H groups in total. The largest absolute Gasteiger partial charge is 0.469 e. The van der Waals surface area contributed by atoms with E-state index in [2.05, 4.69) is 5.32 Å². The van der Waals surface area contributed by atoms with Crippen LogP contribution in [0.15, 0.2) is 34.9 Å². The number of nitrogens with one attached hydrogen (secondary N) is 1. The van der Waals surface area contributed by atoms with Gasteiger partial charge in [0.2, 0.25) is 0 Å². The number of ether oxygens (including phenoxy) is 1. The molecule has 0 bridgehead atoms. The van der Waals surface area contributed by atoms with Crippen LogP contribution in [0.3, 0.4) is 0 Å². The molecule has 1 fully saturated rings. The van der Waals surface area contributed by atoms with Crippen LogP contribution in [-0.2, 0) is 11.2 Å². The first-order chi connectivity index (χ1) is 12.2. The molecular formula is C19H21FN2O3. The van der Waals surface area contributed by atoms with Gasteiger partial charge in [0.1, 0.15) is 11.6 Å². The number of benzene rings is 1. The van der Waals surface area contributed by atoms with Gasteiger partial charge in [0.05, 0.1) is 31.2 Å². The Kier molecular flexibility index (Phi) is 4.44. The van der Waals surface area contributed by atoms with Gasteiger partial charge >= 0.3 is 0 Å². The van der Waals surface area contributed by atoms with Gasteiger partial charge < -0.3 is 19.4 Å². The van der Waals surface area contributed by atoms with Gasteiger partial charge in [0, 0.05) is 30.6 Å². The maximum atomic E-state index is 14.5. The van der Waals surface area contributed by atoms with Crippen molar-refractivity contribution in [2.45, 2.75) is 25.3 Å². The predicted molar refractivity (Wildman–Crippen MR) is 91.3 cm³/mol. The first-order valence-electron chi connectivity index (χ1n) is 8.72. The molecule has 1 atom stereocenters. The van der Waals surface area contributed by atoms with Crippen LogP contribution in [0.4, 0.5) is 10.1 Å². The minimum absolute atomic E-state index is 0.0722. The monoisotopic (exact) mass is 344 g/mol. The Bertz CT molecular complexity index is 768. The zero-order valence-electron chi connectivity index (χ0n) is 14.0. The zero-order chi connectivity index (χ0) is 17.2. The lowest BCUT2D eigenvalue weighted by Gasteiger charge is -2.29. The van der Waals surface area contributed by atoms with E-state index in [-0.39, 0.29) is 17.8 Å². The number of hydrogen-bond donors (Lipinski definition) is 1. The Hall–Kier alpha value is -2.34. The Morgan fingerprint density at radius 3 is 2.88 bits per heavy atom. The highest BCUT2D eigenvalue weighted by Gasteiger charge is 2.25. The van der Waals surface area contributed by atoms with Crippen molar-refractivity contribution in [2.24, 2.45) is 0 Å². The van der Waals surface area contributed by atoms with Gasteiger partial charge in [-0.1, -0.05) is 0 Å². The van der Waals surface area contributed by atoms with Gasteiger partial charge in [-0.3, -0.25) is 4.79 Å². The third-order valence-electron chi connectivity index (χ3n) is 4.92. The molecule has 2 heterocycles. The summed E-state index contributed by atoms with van der Waals surface area (Å²) in [6.45, 7) is 2.51. The summed E-state index contributed by atoms with van der Waals surface area (Å²) in [5, 5.41) is 3.00. The molecule has 2 aliphatic rings. The Labute approximate surface area is 145 Å². The van der Waals surface area contributed by atoms with E-state index >= 15 is 0 Å². The molecule has 1 saturated heterocycles. The molecule has 5 nitrogen and oxygen atoms in total. The maximum Gasteiger partial charge on any atom is 0.251 e. The molecule has 4 rings (SSSR count). The summed E-state index contributed by atoms with van der Waals surface area (Å²) in [7, 11) is 0. The number of halogens is 1. The van der Waals surface area contributed by atoms with Crippen molar-refractivity contribution >= 4 is 11.6 Å². The summed E-state index contributed by atoms with van der Waals surface area (Å²) in [6, 6.07) is 6.51. The summed E-state index contributed by atoms with van der Waals surface area (Å²) < 4.78 is 25.2. The van der Waals surface area contributed by atoms with Gasteiger partial charge in [-0.15, -0.1) is 0 Å². The molecule has 6 heteroatoms. The molecule has 25 heavy (non-hydrogen) atoms. The highest BCUT2D eigenvalue weighted by atomic mass is 19.1. The normalized spacial score (nSPS) is 20.2. The van der Waals surface area contributed by atoms with Crippen molar-refractivity contribution in [2.75, 3.05) is 31.2 Å². The Balaban J connectivity index is 1.49. The van der Waals surface area contributed by atoms with E-state index in [1.807, 2.05) is 11.0 Å². The predicted octanol–water partition coefficient (Wildman–Crippen LogP) is 3.06. The lowest BCUT2D eigenvalue weighted by molar-refractivity contribution is 0.0931. The van der Waals surface area contributed by atoms with Crippen LogP contribution in [0.5, 0.6) is 0 Å². The van der Waals surface area contributed by atoms with Gasteiger partial charge in [-0.25, -0.2) is 4.39 Å². The van der Waals surface area contributed by atoms with Crippen LogP contribution in [-0.4, -0.2) is 32.2 Å². The van der Waals surface area contributed by atoms with Gasteiger partial charge in [-0.05, 0) is 37.1 Å². The fourth-order valence-corrected chi connectivity index (χ4v) is 3.59. The van der Waals surface area contributed by atoms with Crippen molar-refractivity contribution in [1.82, 2.24) is 5.32 Å². The molecular weight excluding hydrogens is 323 g/mol. The number of fused-ring (bicyclic) bond motifs is 1. The van der Waals surface area contributed by atoms with E-state index in [1.165, 1.54) is 6.07 Å². The molecule has 0 radical (unpaired) electrons. The van der Waals surface area contributed by atoms with Crippen LogP contribution < -0.4 is 10.2 Å². The average molecular weight is 344 g/mol. The van der Waals surface area contributed by atoms with Crippen molar-refractivity contribution in [3.63, 3.8) is 0 Å². The second-order valence-electron chi connectivity index (χ2n) is 6.48. The first-order valence-corrected chi connectivity index (χ1v) is 8.72. The number of hydrogen-bond acceptors (Lipinski definition) is 4. The summed E-state index contributed by atoms with van der Waals surface area (Å²) in [4.78, 5) is 14.5. The van der Waals surface area contributed by atoms with E-state index in [9.17, 15) is 9.18 Å². The fourth-order valence-electron chi connectivity index (χ4n) is 3.59. The summed E-state index contributed by atoms with van der Waals surface area (Å²) in [6.07, 6.45) is 4.39. The van der Waals surface area contributed by atoms with Crippen LogP contribution >= 0.6 is 0 Å². The highest BCUT2D eigenvalue weighted by Crippen LogP contribution is 2.31. The summed E-state index contributed by atoms with van der Waals surface area (Å²) >= 11 is 0. The van der Waals surface area contributed by atoms with Crippen LogP contribution in [0.1, 0.15) is 40.6 Å².